The zero-order valence-electron chi connectivity index (χ0n) is 13.0. The summed E-state index contributed by atoms with van der Waals surface area (Å²) in [6, 6.07) is 8.81. The topological polar surface area (TPSA) is 49.4 Å². The van der Waals surface area contributed by atoms with Crippen molar-refractivity contribution < 1.29 is 17.2 Å². The first kappa shape index (κ1) is 20.1. The molecule has 1 fully saturated rings. The lowest BCUT2D eigenvalue weighted by Crippen LogP contribution is -2.48. The molecule has 2 aromatic rings. The molecular formula is C16H16Cl2F2N2O2S. The van der Waals surface area contributed by atoms with Gasteiger partial charge in [0, 0.05) is 19.6 Å². The highest BCUT2D eigenvalue weighted by Gasteiger charge is 2.37. The maximum Gasteiger partial charge on any atom is 0.248 e. The van der Waals surface area contributed by atoms with Crippen molar-refractivity contribution in [2.45, 2.75) is 10.9 Å². The number of nitrogens with zero attached hydrogens (tertiary/aromatic N) is 1. The van der Waals surface area contributed by atoms with E-state index in [9.17, 15) is 17.2 Å². The molecule has 0 bridgehead atoms. The normalized spacial score (nSPS) is 18.6. The Balaban J connectivity index is 0.00000225. The summed E-state index contributed by atoms with van der Waals surface area (Å²) in [4.78, 5) is -0.546. The third kappa shape index (κ3) is 3.96. The van der Waals surface area contributed by atoms with E-state index < -0.39 is 32.6 Å². The van der Waals surface area contributed by atoms with E-state index in [1.54, 1.807) is 6.07 Å². The van der Waals surface area contributed by atoms with Gasteiger partial charge in [0.25, 0.3) is 0 Å². The van der Waals surface area contributed by atoms with Gasteiger partial charge in [0.05, 0.1) is 11.1 Å². The average molecular weight is 409 g/mol. The Morgan fingerprint density at radius 1 is 1.16 bits per heavy atom. The summed E-state index contributed by atoms with van der Waals surface area (Å²) in [7, 11) is -4.17. The molecule has 3 rings (SSSR count). The zero-order chi connectivity index (χ0) is 17.3. The number of hydrogen-bond donors (Lipinski definition) is 1. The predicted octanol–water partition coefficient (Wildman–Crippen LogP) is 3.38. The van der Waals surface area contributed by atoms with E-state index in [1.165, 1.54) is 34.6 Å². The van der Waals surface area contributed by atoms with Crippen molar-refractivity contribution in [3.8, 4) is 0 Å². The van der Waals surface area contributed by atoms with Crippen LogP contribution in [0.2, 0.25) is 5.02 Å². The number of piperazine rings is 1. The lowest BCUT2D eigenvalue weighted by molar-refractivity contribution is 0.270. The predicted molar refractivity (Wildman–Crippen MR) is 94.6 cm³/mol. The van der Waals surface area contributed by atoms with Crippen LogP contribution in [-0.2, 0) is 10.0 Å². The molecular weight excluding hydrogens is 393 g/mol. The van der Waals surface area contributed by atoms with Crippen LogP contribution in [0.5, 0.6) is 0 Å². The summed E-state index contributed by atoms with van der Waals surface area (Å²) in [6.45, 7) is 0.847. The van der Waals surface area contributed by atoms with Gasteiger partial charge in [0.2, 0.25) is 10.0 Å². The first-order chi connectivity index (χ1) is 11.4. The van der Waals surface area contributed by atoms with Gasteiger partial charge in [-0.05, 0) is 29.8 Å². The molecule has 0 aliphatic carbocycles. The second kappa shape index (κ2) is 7.97. The number of nitrogens with one attached hydrogen (secondary N) is 1. The Kier molecular flexibility index (Phi) is 6.40. The van der Waals surface area contributed by atoms with Crippen LogP contribution in [0.15, 0.2) is 47.4 Å². The van der Waals surface area contributed by atoms with Crippen molar-refractivity contribution in [1.82, 2.24) is 9.62 Å². The Morgan fingerprint density at radius 3 is 2.56 bits per heavy atom. The van der Waals surface area contributed by atoms with E-state index in [-0.39, 0.29) is 24.0 Å². The number of hydrogen-bond acceptors (Lipinski definition) is 3. The van der Waals surface area contributed by atoms with Crippen molar-refractivity contribution in [1.29, 1.82) is 0 Å². The van der Waals surface area contributed by atoms with Crippen LogP contribution in [0.4, 0.5) is 8.78 Å². The van der Waals surface area contributed by atoms with Crippen molar-refractivity contribution in [3.05, 3.63) is 64.7 Å². The van der Waals surface area contributed by atoms with Gasteiger partial charge < -0.3 is 5.32 Å². The van der Waals surface area contributed by atoms with Gasteiger partial charge in [-0.1, -0.05) is 29.8 Å². The smallest absolute Gasteiger partial charge is 0.248 e. The molecule has 0 radical (unpaired) electrons. The second-order valence-corrected chi connectivity index (χ2v) is 7.68. The summed E-state index contributed by atoms with van der Waals surface area (Å²) in [5, 5.41) is 2.91. The Labute approximate surface area is 156 Å². The molecule has 1 unspecified atom stereocenters. The minimum Gasteiger partial charge on any atom is -0.313 e. The van der Waals surface area contributed by atoms with Crippen LogP contribution in [0.1, 0.15) is 11.6 Å². The molecule has 25 heavy (non-hydrogen) atoms. The monoisotopic (exact) mass is 408 g/mol. The second-order valence-electron chi connectivity index (χ2n) is 5.44. The standard InChI is InChI=1S/C16H15ClF2N2O2S.ClH/c17-13-5-2-6-14(19)16(13)24(22,23)21-8-7-20-10-15(21)11-3-1-4-12(18)9-11;/h1-6,9,15,20H,7-8,10H2;1H. The first-order valence-electron chi connectivity index (χ1n) is 7.33. The summed E-state index contributed by atoms with van der Waals surface area (Å²) < 4.78 is 54.8. The lowest BCUT2D eigenvalue weighted by Gasteiger charge is -2.35. The van der Waals surface area contributed by atoms with Gasteiger partial charge in [0.15, 0.2) is 0 Å². The quantitative estimate of drug-likeness (QED) is 0.846. The van der Waals surface area contributed by atoms with Gasteiger partial charge in [-0.25, -0.2) is 17.2 Å². The highest BCUT2D eigenvalue weighted by atomic mass is 35.5. The van der Waals surface area contributed by atoms with Gasteiger partial charge in [-0.3, -0.25) is 0 Å². The Bertz CT molecular complexity index is 845. The van der Waals surface area contributed by atoms with Crippen LogP contribution >= 0.6 is 24.0 Å². The molecule has 0 saturated carbocycles. The highest BCUT2D eigenvalue weighted by Crippen LogP contribution is 2.33. The van der Waals surface area contributed by atoms with Crippen LogP contribution in [0.25, 0.3) is 0 Å². The minimum absolute atomic E-state index is 0. The van der Waals surface area contributed by atoms with Gasteiger partial charge >= 0.3 is 0 Å². The molecule has 1 N–H and O–H groups in total. The fraction of sp³-hybridized carbons (Fsp3) is 0.250. The molecule has 4 nitrogen and oxygen atoms in total. The van der Waals surface area contributed by atoms with Gasteiger partial charge in [-0.2, -0.15) is 4.31 Å². The maximum absolute atomic E-state index is 14.1. The highest BCUT2D eigenvalue weighted by molar-refractivity contribution is 7.89. The molecule has 1 aliphatic rings. The molecule has 0 aromatic heterocycles. The maximum atomic E-state index is 14.1. The zero-order valence-corrected chi connectivity index (χ0v) is 15.3. The van der Waals surface area contributed by atoms with Crippen molar-refractivity contribution in [2.75, 3.05) is 19.6 Å². The van der Waals surface area contributed by atoms with Crippen LogP contribution in [0.3, 0.4) is 0 Å². The van der Waals surface area contributed by atoms with Gasteiger partial charge in [0.1, 0.15) is 16.5 Å². The molecule has 0 amide bonds. The van der Waals surface area contributed by atoms with E-state index in [1.807, 2.05) is 0 Å². The Morgan fingerprint density at radius 2 is 1.88 bits per heavy atom. The molecule has 1 saturated heterocycles. The van der Waals surface area contributed by atoms with E-state index >= 15 is 0 Å². The van der Waals surface area contributed by atoms with Crippen LogP contribution in [0, 0.1) is 11.6 Å². The molecule has 2 aromatic carbocycles. The van der Waals surface area contributed by atoms with Crippen molar-refractivity contribution >= 4 is 34.0 Å². The first-order valence-corrected chi connectivity index (χ1v) is 9.15. The number of sulfonamides is 1. The fourth-order valence-electron chi connectivity index (χ4n) is 2.82. The number of halogens is 4. The summed E-state index contributed by atoms with van der Waals surface area (Å²) in [5.41, 5.74) is 0.498. The third-order valence-corrected chi connectivity index (χ3v) is 6.33. The summed E-state index contributed by atoms with van der Waals surface area (Å²) in [6.07, 6.45) is 0. The van der Waals surface area contributed by atoms with Crippen LogP contribution < -0.4 is 5.32 Å². The summed E-state index contributed by atoms with van der Waals surface area (Å²) >= 11 is 5.93. The van der Waals surface area contributed by atoms with E-state index in [0.29, 0.717) is 18.7 Å². The number of rotatable bonds is 3. The minimum atomic E-state index is -4.17. The van der Waals surface area contributed by atoms with E-state index in [0.717, 1.165) is 6.07 Å². The van der Waals surface area contributed by atoms with Crippen molar-refractivity contribution in [2.24, 2.45) is 0 Å². The van der Waals surface area contributed by atoms with E-state index in [2.05, 4.69) is 5.32 Å². The lowest BCUT2D eigenvalue weighted by atomic mass is 10.1. The Hall–Kier alpha value is -1.25. The van der Waals surface area contributed by atoms with Crippen LogP contribution in [-0.4, -0.2) is 32.4 Å². The fourth-order valence-corrected chi connectivity index (χ4v) is 5.00. The molecule has 1 atom stereocenters. The molecule has 9 heteroatoms. The largest absolute Gasteiger partial charge is 0.313 e. The van der Waals surface area contributed by atoms with Crippen molar-refractivity contribution in [3.63, 3.8) is 0 Å². The molecule has 1 heterocycles. The number of benzene rings is 2. The molecule has 136 valence electrons. The summed E-state index contributed by atoms with van der Waals surface area (Å²) in [5.74, 6) is -1.36. The molecule has 1 aliphatic heterocycles. The third-order valence-electron chi connectivity index (χ3n) is 3.91. The SMILES string of the molecule is Cl.O=S(=O)(c1c(F)cccc1Cl)N1CCNCC1c1cccc(F)c1. The van der Waals surface area contributed by atoms with E-state index in [4.69, 9.17) is 11.6 Å². The van der Waals surface area contributed by atoms with Gasteiger partial charge in [-0.15, -0.1) is 12.4 Å². The molecule has 0 spiro atoms. The average Bonchev–Trinajstić information content (AvgIpc) is 2.54.